The molecule has 1 fully saturated rings. The fourth-order valence-corrected chi connectivity index (χ4v) is 2.23. The molecule has 0 saturated carbocycles. The molecule has 1 rings (SSSR count). The predicted molar refractivity (Wildman–Crippen MR) is 61.0 cm³/mol. The van der Waals surface area contributed by atoms with Gasteiger partial charge in [-0.1, -0.05) is 13.6 Å². The normalized spacial score (nSPS) is 25.3. The summed E-state index contributed by atoms with van der Waals surface area (Å²) in [4.78, 5) is 2.71. The molecule has 0 bridgehead atoms. The van der Waals surface area contributed by atoms with Gasteiger partial charge in [0.1, 0.15) is 0 Å². The molecule has 0 aromatic rings. The first kappa shape index (κ1) is 13.9. The number of hydrogen-bond acceptors (Lipinski definition) is 3. The number of rotatable bonds is 0. The summed E-state index contributed by atoms with van der Waals surface area (Å²) in [6.45, 7) is 4.30. The van der Waals surface area contributed by atoms with Crippen molar-refractivity contribution in [2.45, 2.75) is 32.4 Å². The Balaban J connectivity index is 3.18. The Morgan fingerprint density at radius 1 is 0.938 bits per heavy atom. The molecular weight excluding hydrogens is 217 g/mol. The van der Waals surface area contributed by atoms with Gasteiger partial charge in [-0.2, -0.15) is 13.2 Å². The van der Waals surface area contributed by atoms with Crippen molar-refractivity contribution in [3.05, 3.63) is 0 Å². The van der Waals surface area contributed by atoms with Gasteiger partial charge in [-0.25, -0.2) is 0 Å². The van der Waals surface area contributed by atoms with Gasteiger partial charge in [0.25, 0.3) is 14.0 Å². The lowest BCUT2D eigenvalue weighted by atomic mass is 9.55. The van der Waals surface area contributed by atoms with E-state index < -0.39 is 11.8 Å². The average molecular weight is 235 g/mol. The van der Waals surface area contributed by atoms with E-state index in [2.05, 4.69) is 0 Å². The van der Waals surface area contributed by atoms with Crippen LogP contribution in [0.3, 0.4) is 0 Å². The molecule has 1 aliphatic heterocycles. The summed E-state index contributed by atoms with van der Waals surface area (Å²) in [7, 11) is 4.85. The monoisotopic (exact) mass is 235 g/mol. The largest absolute Gasteiger partial charge is 0.418 e. The summed E-state index contributed by atoms with van der Waals surface area (Å²) < 4.78 is 41.5. The maximum absolute atomic E-state index is 13.2. The van der Waals surface area contributed by atoms with Gasteiger partial charge in [0.2, 0.25) is 0 Å². The van der Waals surface area contributed by atoms with Crippen LogP contribution >= 0.6 is 0 Å². The Morgan fingerprint density at radius 3 is 1.50 bits per heavy atom. The van der Waals surface area contributed by atoms with Crippen LogP contribution in [-0.4, -0.2) is 61.3 Å². The first-order chi connectivity index (χ1) is 7.05. The Bertz CT molecular complexity index is 258. The van der Waals surface area contributed by atoms with Crippen LogP contribution < -0.4 is 0 Å². The van der Waals surface area contributed by atoms with Crippen LogP contribution in [0.1, 0.15) is 6.92 Å². The molecule has 0 spiro atoms. The zero-order chi connectivity index (χ0) is 12.9. The molecule has 0 atom stereocenters. The minimum Gasteiger partial charge on any atom is -0.359 e. The highest BCUT2D eigenvalue weighted by molar-refractivity contribution is 6.69. The van der Waals surface area contributed by atoms with Gasteiger partial charge in [-0.05, 0) is 28.1 Å². The maximum Gasteiger partial charge on any atom is 0.418 e. The third kappa shape index (κ3) is 1.67. The van der Waals surface area contributed by atoms with Crippen LogP contribution in [0.15, 0.2) is 0 Å². The van der Waals surface area contributed by atoms with E-state index in [-0.39, 0.29) is 14.0 Å². The lowest BCUT2D eigenvalue weighted by Crippen LogP contribution is -2.80. The Kier molecular flexibility index (Phi) is 3.40. The number of alkyl halides is 3. The van der Waals surface area contributed by atoms with E-state index in [4.69, 9.17) is 0 Å². The summed E-state index contributed by atoms with van der Waals surface area (Å²) in [6.07, 6.45) is -4.28. The highest BCUT2D eigenvalue weighted by atomic mass is 19.4. The molecule has 3 nitrogen and oxygen atoms in total. The second-order valence-electron chi connectivity index (χ2n) is 4.67. The SMILES string of the molecule is CB1N(C)B(C)N(C)C(C)(C(F)(F)F)N1C. The summed E-state index contributed by atoms with van der Waals surface area (Å²) in [5.41, 5.74) is -1.92. The molecule has 92 valence electrons. The Labute approximate surface area is 95.8 Å². The average Bonchev–Trinajstić information content (AvgIpc) is 2.19. The first-order valence-electron chi connectivity index (χ1n) is 5.29. The van der Waals surface area contributed by atoms with Crippen molar-refractivity contribution in [1.82, 2.24) is 14.3 Å². The van der Waals surface area contributed by atoms with Crippen LogP contribution in [0.4, 0.5) is 13.2 Å². The van der Waals surface area contributed by atoms with Gasteiger partial charge in [0, 0.05) is 0 Å². The highest BCUT2D eigenvalue weighted by Gasteiger charge is 2.62. The number of hydrogen-bond donors (Lipinski definition) is 0. The van der Waals surface area contributed by atoms with Crippen LogP contribution in [0, 0.1) is 0 Å². The van der Waals surface area contributed by atoms with E-state index in [9.17, 15) is 13.2 Å². The molecule has 0 radical (unpaired) electrons. The third-order valence-corrected chi connectivity index (χ3v) is 4.21. The van der Waals surface area contributed by atoms with Crippen molar-refractivity contribution in [3.8, 4) is 0 Å². The van der Waals surface area contributed by atoms with Crippen LogP contribution in [0.2, 0.25) is 13.6 Å². The van der Waals surface area contributed by atoms with Crippen LogP contribution in [-0.2, 0) is 0 Å². The summed E-state index contributed by atoms with van der Waals surface area (Å²) in [6, 6.07) is 0. The molecule has 0 unspecified atom stereocenters. The molecule has 0 aromatic carbocycles. The molecule has 0 amide bonds. The van der Waals surface area contributed by atoms with E-state index in [0.29, 0.717) is 0 Å². The summed E-state index contributed by atoms with van der Waals surface area (Å²) >= 11 is 0. The summed E-state index contributed by atoms with van der Waals surface area (Å²) in [5.74, 6) is 0. The highest BCUT2D eigenvalue weighted by Crippen LogP contribution is 2.40. The smallest absolute Gasteiger partial charge is 0.359 e. The van der Waals surface area contributed by atoms with E-state index in [1.807, 2.05) is 11.8 Å². The maximum atomic E-state index is 13.2. The quantitative estimate of drug-likeness (QED) is 0.586. The zero-order valence-corrected chi connectivity index (χ0v) is 10.6. The van der Waals surface area contributed by atoms with Gasteiger partial charge in [-0.15, -0.1) is 0 Å². The molecule has 8 heteroatoms. The van der Waals surface area contributed by atoms with E-state index in [1.165, 1.54) is 30.6 Å². The molecular formula is C8H18B2F3N3. The van der Waals surface area contributed by atoms with Gasteiger partial charge >= 0.3 is 6.18 Å². The second kappa shape index (κ2) is 3.92. The molecule has 1 heterocycles. The molecule has 0 aliphatic carbocycles. The predicted octanol–water partition coefficient (Wildman–Crippen LogP) is 1.31. The van der Waals surface area contributed by atoms with Crippen molar-refractivity contribution in [2.75, 3.05) is 21.1 Å². The lowest BCUT2D eigenvalue weighted by molar-refractivity contribution is -0.246. The third-order valence-electron chi connectivity index (χ3n) is 4.21. The number of nitrogens with zero attached hydrogens (tertiary/aromatic N) is 3. The van der Waals surface area contributed by atoms with Crippen molar-refractivity contribution >= 4 is 14.0 Å². The topological polar surface area (TPSA) is 9.72 Å². The van der Waals surface area contributed by atoms with Crippen molar-refractivity contribution < 1.29 is 13.2 Å². The van der Waals surface area contributed by atoms with Gasteiger partial charge in [-0.3, -0.25) is 0 Å². The fourth-order valence-electron chi connectivity index (χ4n) is 2.23. The fraction of sp³-hybridized carbons (Fsp3) is 1.00. The Hall–Kier alpha value is -0.200. The molecule has 0 N–H and O–H groups in total. The van der Waals surface area contributed by atoms with E-state index in [0.717, 1.165) is 0 Å². The lowest BCUT2D eigenvalue weighted by Gasteiger charge is -2.57. The van der Waals surface area contributed by atoms with Gasteiger partial charge in [0.05, 0.1) is 0 Å². The van der Waals surface area contributed by atoms with Crippen molar-refractivity contribution in [2.24, 2.45) is 0 Å². The minimum atomic E-state index is -4.28. The van der Waals surface area contributed by atoms with E-state index >= 15 is 0 Å². The van der Waals surface area contributed by atoms with Crippen LogP contribution in [0.25, 0.3) is 0 Å². The molecule has 16 heavy (non-hydrogen) atoms. The van der Waals surface area contributed by atoms with Crippen molar-refractivity contribution in [1.29, 1.82) is 0 Å². The van der Waals surface area contributed by atoms with Gasteiger partial charge < -0.3 is 14.3 Å². The standard InChI is InChI=1S/C8H18B2F3N3/c1-7(8(11,12)13)14(4)9(2)16(6)10(3)15(7)5/h1-6H3. The summed E-state index contributed by atoms with van der Waals surface area (Å²) in [5, 5.41) is 0. The van der Waals surface area contributed by atoms with Crippen molar-refractivity contribution in [3.63, 3.8) is 0 Å². The second-order valence-corrected chi connectivity index (χ2v) is 4.67. The number of halogens is 3. The van der Waals surface area contributed by atoms with Gasteiger partial charge in [0.15, 0.2) is 5.66 Å². The molecule has 1 aliphatic rings. The molecule has 1 saturated heterocycles. The van der Waals surface area contributed by atoms with E-state index in [1.54, 1.807) is 13.6 Å². The first-order valence-corrected chi connectivity index (χ1v) is 5.29. The molecule has 0 aromatic heterocycles. The Morgan fingerprint density at radius 2 is 1.25 bits per heavy atom. The zero-order valence-electron chi connectivity index (χ0n) is 10.6. The minimum absolute atomic E-state index is 0.252. The van der Waals surface area contributed by atoms with Crippen LogP contribution in [0.5, 0.6) is 0 Å².